The summed E-state index contributed by atoms with van der Waals surface area (Å²) in [6.45, 7) is 0. The van der Waals surface area contributed by atoms with Gasteiger partial charge in [-0.3, -0.25) is 14.9 Å². The Morgan fingerprint density at radius 2 is 1.80 bits per heavy atom. The van der Waals surface area contributed by atoms with Gasteiger partial charge in [0.1, 0.15) is 0 Å². The van der Waals surface area contributed by atoms with Crippen LogP contribution < -0.4 is 5.32 Å². The summed E-state index contributed by atoms with van der Waals surface area (Å²) < 4.78 is 0.992. The number of nitrogens with zero attached hydrogens (tertiary/aromatic N) is 1. The molecule has 2 rings (SSSR count). The van der Waals surface area contributed by atoms with Gasteiger partial charge in [0.15, 0.2) is 0 Å². The van der Waals surface area contributed by atoms with Crippen LogP contribution in [0.3, 0.4) is 0 Å². The lowest BCUT2D eigenvalue weighted by Crippen LogP contribution is -2.12. The van der Waals surface area contributed by atoms with Crippen LogP contribution in [-0.2, 0) is 0 Å². The quantitative estimate of drug-likeness (QED) is 0.615. The van der Waals surface area contributed by atoms with E-state index in [0.717, 1.165) is 0 Å². The fourth-order valence-electron chi connectivity index (χ4n) is 1.58. The molecule has 7 heteroatoms. The van der Waals surface area contributed by atoms with E-state index in [1.165, 1.54) is 18.2 Å². The Hall–Kier alpha value is -1.73. The number of nitrogens with one attached hydrogen (secondary N) is 1. The maximum atomic E-state index is 12.1. The van der Waals surface area contributed by atoms with Crippen molar-refractivity contribution in [3.05, 3.63) is 67.1 Å². The number of amides is 1. The van der Waals surface area contributed by atoms with E-state index in [2.05, 4.69) is 37.2 Å². The Kier molecular flexibility index (Phi) is 4.51. The molecule has 5 nitrogen and oxygen atoms in total. The maximum Gasteiger partial charge on any atom is 0.283 e. The molecular formula is C13H8Br2N2O3. The second-order valence-electron chi connectivity index (χ2n) is 3.86. The lowest BCUT2D eigenvalue weighted by Gasteiger charge is -2.07. The number of carbonyl (C=O) groups excluding carboxylic acids is 1. The van der Waals surface area contributed by atoms with Gasteiger partial charge in [-0.25, -0.2) is 0 Å². The SMILES string of the molecule is O=C(Nc1ccc([N+](=O)[O-])c(Br)c1)c1ccccc1Br. The number of halogens is 2. The Morgan fingerprint density at radius 3 is 2.40 bits per heavy atom. The van der Waals surface area contributed by atoms with E-state index in [0.29, 0.717) is 20.2 Å². The topological polar surface area (TPSA) is 72.2 Å². The van der Waals surface area contributed by atoms with Crippen molar-refractivity contribution in [1.29, 1.82) is 0 Å². The van der Waals surface area contributed by atoms with Crippen molar-refractivity contribution in [3.63, 3.8) is 0 Å². The first-order valence-electron chi connectivity index (χ1n) is 5.49. The lowest BCUT2D eigenvalue weighted by atomic mass is 10.2. The Balaban J connectivity index is 2.23. The molecular weight excluding hydrogens is 392 g/mol. The molecule has 20 heavy (non-hydrogen) atoms. The van der Waals surface area contributed by atoms with E-state index in [1.54, 1.807) is 18.2 Å². The smallest absolute Gasteiger partial charge is 0.283 e. The van der Waals surface area contributed by atoms with E-state index >= 15 is 0 Å². The highest BCUT2D eigenvalue weighted by Gasteiger charge is 2.14. The predicted molar refractivity (Wildman–Crippen MR) is 82.9 cm³/mol. The van der Waals surface area contributed by atoms with Crippen LogP contribution in [0.15, 0.2) is 51.4 Å². The van der Waals surface area contributed by atoms with Gasteiger partial charge in [-0.05, 0) is 56.1 Å². The summed E-state index contributed by atoms with van der Waals surface area (Å²) in [7, 11) is 0. The zero-order valence-corrected chi connectivity index (χ0v) is 13.1. The van der Waals surface area contributed by atoms with Gasteiger partial charge in [-0.2, -0.15) is 0 Å². The second kappa shape index (κ2) is 6.15. The number of nitro benzene ring substituents is 1. The molecule has 1 N–H and O–H groups in total. The summed E-state index contributed by atoms with van der Waals surface area (Å²) in [6.07, 6.45) is 0. The van der Waals surface area contributed by atoms with Crippen molar-refractivity contribution in [2.45, 2.75) is 0 Å². The Morgan fingerprint density at radius 1 is 1.10 bits per heavy atom. The molecule has 0 aliphatic heterocycles. The van der Waals surface area contributed by atoms with Crippen LogP contribution in [0, 0.1) is 10.1 Å². The van der Waals surface area contributed by atoms with E-state index in [9.17, 15) is 14.9 Å². The zero-order chi connectivity index (χ0) is 14.7. The normalized spacial score (nSPS) is 10.1. The highest BCUT2D eigenvalue weighted by Crippen LogP contribution is 2.28. The molecule has 0 heterocycles. The number of hydrogen-bond donors (Lipinski definition) is 1. The fourth-order valence-corrected chi connectivity index (χ4v) is 2.56. The molecule has 0 bridgehead atoms. The molecule has 102 valence electrons. The summed E-state index contributed by atoms with van der Waals surface area (Å²) in [5.41, 5.74) is 0.911. The third kappa shape index (κ3) is 3.23. The van der Waals surface area contributed by atoms with Crippen LogP contribution >= 0.6 is 31.9 Å². The summed E-state index contributed by atoms with van der Waals surface area (Å²) >= 11 is 6.40. The van der Waals surface area contributed by atoms with Gasteiger partial charge < -0.3 is 5.32 Å². The number of carbonyl (C=O) groups is 1. The Labute approximate surface area is 131 Å². The molecule has 0 fully saturated rings. The first-order valence-corrected chi connectivity index (χ1v) is 7.07. The average Bonchev–Trinajstić information content (AvgIpc) is 2.38. The number of rotatable bonds is 3. The van der Waals surface area contributed by atoms with Crippen molar-refractivity contribution < 1.29 is 9.72 Å². The van der Waals surface area contributed by atoms with Crippen molar-refractivity contribution in [2.75, 3.05) is 5.32 Å². The molecule has 0 unspecified atom stereocenters. The van der Waals surface area contributed by atoms with Crippen LogP contribution in [0.5, 0.6) is 0 Å². The number of hydrogen-bond acceptors (Lipinski definition) is 3. The number of anilines is 1. The number of nitro groups is 1. The van der Waals surface area contributed by atoms with Crippen LogP contribution in [0.4, 0.5) is 11.4 Å². The van der Waals surface area contributed by atoms with Crippen LogP contribution in [0.25, 0.3) is 0 Å². The van der Waals surface area contributed by atoms with Gasteiger partial charge in [-0.15, -0.1) is 0 Å². The third-order valence-electron chi connectivity index (χ3n) is 2.52. The first-order chi connectivity index (χ1) is 9.49. The highest BCUT2D eigenvalue weighted by molar-refractivity contribution is 9.11. The van der Waals surface area contributed by atoms with Crippen molar-refractivity contribution >= 4 is 49.1 Å². The lowest BCUT2D eigenvalue weighted by molar-refractivity contribution is -0.385. The molecule has 0 saturated carbocycles. The van der Waals surface area contributed by atoms with Gasteiger partial charge in [0, 0.05) is 16.2 Å². The van der Waals surface area contributed by atoms with Gasteiger partial charge in [-0.1, -0.05) is 12.1 Å². The molecule has 0 saturated heterocycles. The van der Waals surface area contributed by atoms with Crippen LogP contribution in [0.1, 0.15) is 10.4 Å². The van der Waals surface area contributed by atoms with Gasteiger partial charge in [0.25, 0.3) is 11.6 Å². The first kappa shape index (κ1) is 14.7. The molecule has 0 spiro atoms. The molecule has 1 amide bonds. The molecule has 0 atom stereocenters. The minimum Gasteiger partial charge on any atom is -0.322 e. The van der Waals surface area contributed by atoms with Crippen LogP contribution in [0.2, 0.25) is 0 Å². The molecule has 2 aromatic carbocycles. The average molecular weight is 400 g/mol. The maximum absolute atomic E-state index is 12.1. The summed E-state index contributed by atoms with van der Waals surface area (Å²) in [5.74, 6) is -0.293. The van der Waals surface area contributed by atoms with E-state index < -0.39 is 4.92 Å². The highest BCUT2D eigenvalue weighted by atomic mass is 79.9. The minimum atomic E-state index is -0.497. The van der Waals surface area contributed by atoms with Crippen molar-refractivity contribution in [2.24, 2.45) is 0 Å². The van der Waals surface area contributed by atoms with Crippen LogP contribution in [-0.4, -0.2) is 10.8 Å². The number of benzene rings is 2. The summed E-state index contributed by atoms with van der Waals surface area (Å²) in [5, 5.41) is 13.4. The minimum absolute atomic E-state index is 0.0520. The summed E-state index contributed by atoms with van der Waals surface area (Å²) in [6, 6.07) is 11.3. The van der Waals surface area contributed by atoms with Gasteiger partial charge >= 0.3 is 0 Å². The second-order valence-corrected chi connectivity index (χ2v) is 5.57. The monoisotopic (exact) mass is 398 g/mol. The van der Waals surface area contributed by atoms with E-state index in [1.807, 2.05) is 6.07 Å². The molecule has 0 aliphatic rings. The van der Waals surface area contributed by atoms with E-state index in [4.69, 9.17) is 0 Å². The van der Waals surface area contributed by atoms with Gasteiger partial charge in [0.05, 0.1) is 15.0 Å². The molecule has 0 aromatic heterocycles. The van der Waals surface area contributed by atoms with Crippen molar-refractivity contribution in [1.82, 2.24) is 0 Å². The summed E-state index contributed by atoms with van der Waals surface area (Å²) in [4.78, 5) is 22.3. The Bertz CT molecular complexity index is 689. The molecule has 0 radical (unpaired) electrons. The third-order valence-corrected chi connectivity index (χ3v) is 3.85. The molecule has 2 aromatic rings. The zero-order valence-electron chi connectivity index (χ0n) is 9.97. The largest absolute Gasteiger partial charge is 0.322 e. The molecule has 0 aliphatic carbocycles. The van der Waals surface area contributed by atoms with Crippen molar-refractivity contribution in [3.8, 4) is 0 Å². The van der Waals surface area contributed by atoms with Gasteiger partial charge in [0.2, 0.25) is 0 Å². The predicted octanol–water partition coefficient (Wildman–Crippen LogP) is 4.37. The fraction of sp³-hybridized carbons (Fsp3) is 0. The standard InChI is InChI=1S/C13H8Br2N2O3/c14-10-4-2-1-3-9(10)13(18)16-8-5-6-12(17(19)20)11(15)7-8/h1-7H,(H,16,18). The van der Waals surface area contributed by atoms with E-state index in [-0.39, 0.29) is 11.6 Å².